The molecule has 3 rings (SSSR count). The Morgan fingerprint density at radius 3 is 2.31 bits per heavy atom. The Hall–Kier alpha value is -3.02. The molecule has 1 aliphatic heterocycles. The van der Waals surface area contributed by atoms with Crippen molar-refractivity contribution in [3.05, 3.63) is 59.2 Å². The fraction of sp³-hybridized carbons (Fsp3) is 0.391. The third kappa shape index (κ3) is 5.73. The number of carbonyl (C=O) groups excluding carboxylic acids is 1. The van der Waals surface area contributed by atoms with Gasteiger partial charge in [-0.15, -0.1) is 0 Å². The van der Waals surface area contributed by atoms with Crippen LogP contribution in [0.3, 0.4) is 0 Å². The molecule has 0 saturated carbocycles. The minimum absolute atomic E-state index is 0.0823. The summed E-state index contributed by atoms with van der Waals surface area (Å²) in [6.45, 7) is 5.88. The highest BCUT2D eigenvalue weighted by molar-refractivity contribution is 5.86. The van der Waals surface area contributed by atoms with Gasteiger partial charge >= 0.3 is 5.97 Å². The number of rotatable bonds is 9. The number of aryl methyl sites for hydroxylation is 2. The van der Waals surface area contributed by atoms with Crippen molar-refractivity contribution in [1.29, 1.82) is 0 Å². The number of ether oxygens (including phenoxy) is 2. The maximum atomic E-state index is 11.9. The minimum atomic E-state index is -0.899. The van der Waals surface area contributed by atoms with Crippen molar-refractivity contribution in [3.63, 3.8) is 0 Å². The molecular formula is C23H27NO5. The van der Waals surface area contributed by atoms with Crippen molar-refractivity contribution in [2.24, 2.45) is 5.92 Å². The molecule has 1 atom stereocenters. The summed E-state index contributed by atoms with van der Waals surface area (Å²) in [6, 6.07) is 13.8. The standard InChI is InChI=1S/C23H27NO5/c1-16-3-6-21(13-17(16)2)29-12-11-28-20-7-4-18(5-8-20)9-10-24-15-19(23(26)27)14-22(24)25/h3-8,13,19H,9-12,14-15H2,1-2H3,(H,26,27). The van der Waals surface area contributed by atoms with Crippen molar-refractivity contribution in [3.8, 4) is 11.5 Å². The number of carboxylic acid groups (broad SMARTS) is 1. The van der Waals surface area contributed by atoms with Gasteiger partial charge in [0.05, 0.1) is 5.92 Å². The van der Waals surface area contributed by atoms with Gasteiger partial charge in [0.25, 0.3) is 0 Å². The van der Waals surface area contributed by atoms with Crippen LogP contribution in [0.4, 0.5) is 0 Å². The summed E-state index contributed by atoms with van der Waals surface area (Å²) in [5, 5.41) is 9.04. The molecule has 1 aliphatic rings. The van der Waals surface area contributed by atoms with Crippen molar-refractivity contribution in [2.45, 2.75) is 26.7 Å². The lowest BCUT2D eigenvalue weighted by Gasteiger charge is -2.16. The molecule has 6 heteroatoms. The van der Waals surface area contributed by atoms with Crippen LogP contribution in [-0.2, 0) is 16.0 Å². The molecule has 0 radical (unpaired) electrons. The quantitative estimate of drug-likeness (QED) is 0.658. The van der Waals surface area contributed by atoms with Crippen LogP contribution in [0.2, 0.25) is 0 Å². The second-order valence-electron chi connectivity index (χ2n) is 7.42. The zero-order chi connectivity index (χ0) is 20.8. The van der Waals surface area contributed by atoms with E-state index in [-0.39, 0.29) is 12.3 Å². The van der Waals surface area contributed by atoms with Gasteiger partial charge in [-0.2, -0.15) is 0 Å². The summed E-state index contributed by atoms with van der Waals surface area (Å²) >= 11 is 0. The van der Waals surface area contributed by atoms with Gasteiger partial charge in [-0.3, -0.25) is 9.59 Å². The number of benzene rings is 2. The molecular weight excluding hydrogens is 370 g/mol. The van der Waals surface area contributed by atoms with Gasteiger partial charge in [-0.1, -0.05) is 18.2 Å². The smallest absolute Gasteiger partial charge is 0.308 e. The Balaban J connectivity index is 1.39. The van der Waals surface area contributed by atoms with E-state index in [1.807, 2.05) is 42.5 Å². The number of hydrogen-bond acceptors (Lipinski definition) is 4. The minimum Gasteiger partial charge on any atom is -0.490 e. The number of nitrogens with zero attached hydrogens (tertiary/aromatic N) is 1. The fourth-order valence-electron chi connectivity index (χ4n) is 3.29. The predicted octanol–water partition coefficient (Wildman–Crippen LogP) is 3.24. The molecule has 1 fully saturated rings. The lowest BCUT2D eigenvalue weighted by atomic mass is 10.1. The van der Waals surface area contributed by atoms with E-state index in [2.05, 4.69) is 13.8 Å². The molecule has 2 aromatic rings. The van der Waals surface area contributed by atoms with E-state index in [0.717, 1.165) is 17.1 Å². The van der Waals surface area contributed by atoms with Crippen molar-refractivity contribution in [1.82, 2.24) is 4.90 Å². The van der Waals surface area contributed by atoms with Crippen LogP contribution in [-0.4, -0.2) is 48.2 Å². The molecule has 1 heterocycles. The van der Waals surface area contributed by atoms with Crippen LogP contribution in [0.15, 0.2) is 42.5 Å². The van der Waals surface area contributed by atoms with Gasteiger partial charge in [-0.25, -0.2) is 0 Å². The summed E-state index contributed by atoms with van der Waals surface area (Å²) in [5.74, 6) is 0.0450. The second kappa shape index (κ2) is 9.45. The number of likely N-dealkylation sites (tertiary alicyclic amines) is 1. The molecule has 1 saturated heterocycles. The number of carbonyl (C=O) groups is 2. The maximum absolute atomic E-state index is 11.9. The lowest BCUT2D eigenvalue weighted by molar-refractivity contribution is -0.141. The van der Waals surface area contributed by atoms with Crippen molar-refractivity contribution in [2.75, 3.05) is 26.3 Å². The van der Waals surface area contributed by atoms with Crippen molar-refractivity contribution >= 4 is 11.9 Å². The molecule has 1 amide bonds. The highest BCUT2D eigenvalue weighted by Crippen LogP contribution is 2.19. The van der Waals surface area contributed by atoms with Gasteiger partial charge in [0.1, 0.15) is 24.7 Å². The number of aliphatic carboxylic acids is 1. The van der Waals surface area contributed by atoms with E-state index in [9.17, 15) is 9.59 Å². The molecule has 1 unspecified atom stereocenters. The van der Waals surface area contributed by atoms with Gasteiger partial charge in [0.15, 0.2) is 0 Å². The molecule has 6 nitrogen and oxygen atoms in total. The summed E-state index contributed by atoms with van der Waals surface area (Å²) < 4.78 is 11.4. The zero-order valence-electron chi connectivity index (χ0n) is 16.9. The fourth-order valence-corrected chi connectivity index (χ4v) is 3.29. The molecule has 0 aromatic heterocycles. The highest BCUT2D eigenvalue weighted by atomic mass is 16.5. The molecule has 0 spiro atoms. The van der Waals surface area contributed by atoms with Gasteiger partial charge in [0, 0.05) is 19.5 Å². The molecule has 29 heavy (non-hydrogen) atoms. The van der Waals surface area contributed by atoms with E-state index < -0.39 is 11.9 Å². The second-order valence-corrected chi connectivity index (χ2v) is 7.42. The van der Waals surface area contributed by atoms with Gasteiger partial charge in [0.2, 0.25) is 5.91 Å². The number of hydrogen-bond donors (Lipinski definition) is 1. The van der Waals surface area contributed by atoms with Crippen LogP contribution < -0.4 is 9.47 Å². The number of carboxylic acids is 1. The summed E-state index contributed by atoms with van der Waals surface area (Å²) in [5.41, 5.74) is 3.52. The van der Waals surface area contributed by atoms with E-state index >= 15 is 0 Å². The Bertz CT molecular complexity index is 862. The lowest BCUT2D eigenvalue weighted by Crippen LogP contribution is -2.28. The summed E-state index contributed by atoms with van der Waals surface area (Å²) in [4.78, 5) is 24.5. The predicted molar refractivity (Wildman–Crippen MR) is 109 cm³/mol. The normalized spacial score (nSPS) is 16.1. The highest BCUT2D eigenvalue weighted by Gasteiger charge is 2.33. The third-order valence-corrected chi connectivity index (χ3v) is 5.26. The average Bonchev–Trinajstić information content (AvgIpc) is 3.08. The van der Waals surface area contributed by atoms with Crippen LogP contribution in [0.25, 0.3) is 0 Å². The van der Waals surface area contributed by atoms with E-state index in [0.29, 0.717) is 32.7 Å². The monoisotopic (exact) mass is 397 g/mol. The van der Waals surface area contributed by atoms with Crippen LogP contribution in [0.5, 0.6) is 11.5 Å². The molecule has 0 bridgehead atoms. The Labute approximate surface area is 171 Å². The molecule has 154 valence electrons. The third-order valence-electron chi connectivity index (χ3n) is 5.26. The average molecular weight is 397 g/mol. The Morgan fingerprint density at radius 2 is 1.69 bits per heavy atom. The van der Waals surface area contributed by atoms with E-state index in [4.69, 9.17) is 14.6 Å². The van der Waals surface area contributed by atoms with Crippen LogP contribution in [0.1, 0.15) is 23.1 Å². The Kier molecular flexibility index (Phi) is 6.75. The molecule has 0 aliphatic carbocycles. The van der Waals surface area contributed by atoms with Gasteiger partial charge in [-0.05, 0) is 61.2 Å². The first-order valence-electron chi connectivity index (χ1n) is 9.85. The largest absolute Gasteiger partial charge is 0.490 e. The van der Waals surface area contributed by atoms with Gasteiger partial charge < -0.3 is 19.5 Å². The molecule has 1 N–H and O–H groups in total. The first-order chi connectivity index (χ1) is 13.9. The summed E-state index contributed by atoms with van der Waals surface area (Å²) in [7, 11) is 0. The summed E-state index contributed by atoms with van der Waals surface area (Å²) in [6.07, 6.45) is 0.792. The zero-order valence-corrected chi connectivity index (χ0v) is 16.9. The maximum Gasteiger partial charge on any atom is 0.308 e. The van der Waals surface area contributed by atoms with Crippen molar-refractivity contribution < 1.29 is 24.2 Å². The van der Waals surface area contributed by atoms with E-state index in [1.165, 1.54) is 11.1 Å². The number of amides is 1. The first kappa shape index (κ1) is 20.7. The molecule has 2 aromatic carbocycles. The SMILES string of the molecule is Cc1ccc(OCCOc2ccc(CCN3CC(C(=O)O)CC3=O)cc2)cc1C. The first-order valence-corrected chi connectivity index (χ1v) is 9.85. The topological polar surface area (TPSA) is 76.1 Å². The Morgan fingerprint density at radius 1 is 1.03 bits per heavy atom. The van der Waals surface area contributed by atoms with Crippen LogP contribution >= 0.6 is 0 Å². The van der Waals surface area contributed by atoms with E-state index in [1.54, 1.807) is 4.90 Å². The van der Waals surface area contributed by atoms with Crippen LogP contribution in [0, 0.1) is 19.8 Å².